The van der Waals surface area contributed by atoms with Crippen molar-refractivity contribution in [2.45, 2.75) is 32.7 Å². The molecule has 0 saturated heterocycles. The molecule has 1 heterocycles. The highest BCUT2D eigenvalue weighted by Gasteiger charge is 2.15. The fourth-order valence-electron chi connectivity index (χ4n) is 2.48. The minimum atomic E-state index is 0.231. The van der Waals surface area contributed by atoms with Crippen LogP contribution in [0.4, 0.5) is 0 Å². The van der Waals surface area contributed by atoms with Gasteiger partial charge in [0.2, 0.25) is 0 Å². The van der Waals surface area contributed by atoms with E-state index in [9.17, 15) is 0 Å². The largest absolute Gasteiger partial charge is 0.309 e. The van der Waals surface area contributed by atoms with Crippen molar-refractivity contribution in [3.63, 3.8) is 0 Å². The highest BCUT2D eigenvalue weighted by molar-refractivity contribution is 6.30. The van der Waals surface area contributed by atoms with Gasteiger partial charge in [0.25, 0.3) is 0 Å². The molecule has 1 aromatic carbocycles. The van der Waals surface area contributed by atoms with Crippen molar-refractivity contribution in [2.75, 3.05) is 6.54 Å². The van der Waals surface area contributed by atoms with Crippen LogP contribution in [0.5, 0.6) is 0 Å². The van der Waals surface area contributed by atoms with Crippen molar-refractivity contribution in [1.82, 2.24) is 10.3 Å². The van der Waals surface area contributed by atoms with Crippen molar-refractivity contribution < 1.29 is 0 Å². The van der Waals surface area contributed by atoms with Gasteiger partial charge in [-0.15, -0.1) is 0 Å². The summed E-state index contributed by atoms with van der Waals surface area (Å²) in [5.74, 6) is 0. The number of likely N-dealkylation sites (N-methyl/N-ethyl adjacent to an activating group) is 1. The van der Waals surface area contributed by atoms with Gasteiger partial charge < -0.3 is 5.32 Å². The second-order valence-electron chi connectivity index (χ2n) is 4.85. The third-order valence-corrected chi connectivity index (χ3v) is 3.65. The number of benzene rings is 1. The summed E-state index contributed by atoms with van der Waals surface area (Å²) in [5, 5.41) is 4.32. The van der Waals surface area contributed by atoms with Gasteiger partial charge in [0.05, 0.1) is 11.7 Å². The Kier molecular flexibility index (Phi) is 5.57. The van der Waals surface area contributed by atoms with Crippen LogP contribution in [0.3, 0.4) is 0 Å². The first-order chi connectivity index (χ1) is 9.74. The highest BCUT2D eigenvalue weighted by atomic mass is 35.5. The molecule has 20 heavy (non-hydrogen) atoms. The van der Waals surface area contributed by atoms with Crippen LogP contribution in [-0.4, -0.2) is 11.5 Å². The molecule has 0 radical (unpaired) electrons. The van der Waals surface area contributed by atoms with Crippen molar-refractivity contribution in [1.29, 1.82) is 0 Å². The Morgan fingerprint density at radius 3 is 2.75 bits per heavy atom. The quantitative estimate of drug-likeness (QED) is 0.862. The number of hydrogen-bond donors (Lipinski definition) is 1. The molecule has 0 bridgehead atoms. The van der Waals surface area contributed by atoms with E-state index < -0.39 is 0 Å². The average Bonchev–Trinajstić information content (AvgIpc) is 2.47. The van der Waals surface area contributed by atoms with Gasteiger partial charge in [-0.1, -0.05) is 43.6 Å². The summed E-state index contributed by atoms with van der Waals surface area (Å²) in [7, 11) is 0. The molecule has 3 heteroatoms. The van der Waals surface area contributed by atoms with Crippen molar-refractivity contribution in [2.24, 2.45) is 0 Å². The second-order valence-corrected chi connectivity index (χ2v) is 5.28. The predicted octanol–water partition coefficient (Wildman–Crippen LogP) is 4.19. The molecule has 0 amide bonds. The Labute approximate surface area is 126 Å². The molecule has 1 atom stereocenters. The van der Waals surface area contributed by atoms with Crippen molar-refractivity contribution in [3.05, 3.63) is 64.4 Å². The third kappa shape index (κ3) is 3.81. The molecule has 2 nitrogen and oxygen atoms in total. The lowest BCUT2D eigenvalue weighted by Gasteiger charge is -2.20. The Morgan fingerprint density at radius 2 is 2.05 bits per heavy atom. The maximum absolute atomic E-state index is 6.07. The Bertz CT molecular complexity index is 554. The number of nitrogens with one attached hydrogen (secondary N) is 1. The normalized spacial score (nSPS) is 12.3. The molecule has 2 rings (SSSR count). The van der Waals surface area contributed by atoms with Crippen molar-refractivity contribution >= 4 is 11.6 Å². The summed E-state index contributed by atoms with van der Waals surface area (Å²) >= 11 is 6.07. The summed E-state index contributed by atoms with van der Waals surface area (Å²) in [6, 6.07) is 12.4. The van der Waals surface area contributed by atoms with E-state index in [1.54, 1.807) is 0 Å². The number of hydrogen-bond acceptors (Lipinski definition) is 2. The zero-order chi connectivity index (χ0) is 14.4. The van der Waals surface area contributed by atoms with Crippen LogP contribution in [0.1, 0.15) is 36.7 Å². The van der Waals surface area contributed by atoms with Gasteiger partial charge >= 0.3 is 0 Å². The van der Waals surface area contributed by atoms with E-state index in [0.29, 0.717) is 0 Å². The lowest BCUT2D eigenvalue weighted by molar-refractivity contribution is 0.532. The minimum Gasteiger partial charge on any atom is -0.309 e. The third-order valence-electron chi connectivity index (χ3n) is 3.42. The predicted molar refractivity (Wildman–Crippen MR) is 85.2 cm³/mol. The fraction of sp³-hybridized carbons (Fsp3) is 0.353. The van der Waals surface area contributed by atoms with E-state index >= 15 is 0 Å². The number of aromatic nitrogens is 1. The summed E-state index contributed by atoms with van der Waals surface area (Å²) in [5.41, 5.74) is 3.69. The molecular formula is C17H21ClN2. The van der Waals surface area contributed by atoms with E-state index in [1.807, 2.05) is 30.5 Å². The van der Waals surface area contributed by atoms with E-state index in [2.05, 4.69) is 36.3 Å². The summed E-state index contributed by atoms with van der Waals surface area (Å²) in [4.78, 5) is 4.59. The van der Waals surface area contributed by atoms with E-state index in [-0.39, 0.29) is 6.04 Å². The molecule has 0 aliphatic heterocycles. The van der Waals surface area contributed by atoms with Gasteiger partial charge in [-0.25, -0.2) is 0 Å². The smallest absolute Gasteiger partial charge is 0.0608 e. The van der Waals surface area contributed by atoms with Crippen molar-refractivity contribution in [3.8, 4) is 0 Å². The summed E-state index contributed by atoms with van der Waals surface area (Å²) in [6.07, 6.45) is 3.77. The second kappa shape index (κ2) is 7.41. The monoisotopic (exact) mass is 288 g/mol. The fourth-order valence-corrected chi connectivity index (χ4v) is 2.69. The van der Waals surface area contributed by atoms with Gasteiger partial charge in [0.1, 0.15) is 0 Å². The van der Waals surface area contributed by atoms with Gasteiger partial charge in [-0.3, -0.25) is 4.98 Å². The van der Waals surface area contributed by atoms with Crippen LogP contribution in [0, 0.1) is 0 Å². The number of halogens is 1. The minimum absolute atomic E-state index is 0.231. The first-order valence-corrected chi connectivity index (χ1v) is 7.54. The molecule has 1 unspecified atom stereocenters. The Morgan fingerprint density at radius 1 is 1.20 bits per heavy atom. The highest BCUT2D eigenvalue weighted by Crippen LogP contribution is 2.22. The van der Waals surface area contributed by atoms with Crippen LogP contribution in [-0.2, 0) is 12.8 Å². The van der Waals surface area contributed by atoms with Crippen LogP contribution >= 0.6 is 11.6 Å². The SMILES string of the molecule is CCNC(Cc1cccc(Cl)c1)c1ncccc1CC. The van der Waals surface area contributed by atoms with E-state index in [1.165, 1.54) is 11.1 Å². The first kappa shape index (κ1) is 15.0. The maximum Gasteiger partial charge on any atom is 0.0608 e. The van der Waals surface area contributed by atoms with Gasteiger partial charge in [0, 0.05) is 11.2 Å². The molecule has 0 fully saturated rings. The molecule has 1 N–H and O–H groups in total. The molecule has 2 aromatic rings. The summed E-state index contributed by atoms with van der Waals surface area (Å²) < 4.78 is 0. The number of aryl methyl sites for hydroxylation is 1. The molecule has 0 aliphatic rings. The van der Waals surface area contributed by atoms with Crippen LogP contribution in [0.2, 0.25) is 5.02 Å². The lowest BCUT2D eigenvalue weighted by Crippen LogP contribution is -2.25. The van der Waals surface area contributed by atoms with Gasteiger partial charge in [-0.2, -0.15) is 0 Å². The molecule has 0 spiro atoms. The lowest BCUT2D eigenvalue weighted by atomic mass is 9.98. The number of pyridine rings is 1. The average molecular weight is 289 g/mol. The van der Waals surface area contributed by atoms with Gasteiger partial charge in [0.15, 0.2) is 0 Å². The number of nitrogens with zero attached hydrogens (tertiary/aromatic N) is 1. The van der Waals surface area contributed by atoms with Crippen LogP contribution < -0.4 is 5.32 Å². The van der Waals surface area contributed by atoms with E-state index in [0.717, 1.165) is 30.1 Å². The molecule has 1 aromatic heterocycles. The molecule has 0 aliphatic carbocycles. The van der Waals surface area contributed by atoms with Gasteiger partial charge in [-0.05, 0) is 48.7 Å². The topological polar surface area (TPSA) is 24.9 Å². The van der Waals surface area contributed by atoms with E-state index in [4.69, 9.17) is 11.6 Å². The van der Waals surface area contributed by atoms with Crippen LogP contribution in [0.25, 0.3) is 0 Å². The standard InChI is InChI=1S/C17H21ClN2/c1-3-14-8-6-10-20-17(14)16(19-4-2)12-13-7-5-9-15(18)11-13/h5-11,16,19H,3-4,12H2,1-2H3. The van der Waals surface area contributed by atoms with Crippen LogP contribution in [0.15, 0.2) is 42.6 Å². The molecular weight excluding hydrogens is 268 g/mol. The number of rotatable bonds is 6. The first-order valence-electron chi connectivity index (χ1n) is 7.16. The zero-order valence-electron chi connectivity index (χ0n) is 12.1. The Balaban J connectivity index is 2.26. The Hall–Kier alpha value is -1.38. The zero-order valence-corrected chi connectivity index (χ0v) is 12.8. The summed E-state index contributed by atoms with van der Waals surface area (Å²) in [6.45, 7) is 5.22. The maximum atomic E-state index is 6.07. The molecule has 0 saturated carbocycles. The molecule has 106 valence electrons.